The molecule has 6 aromatic carbocycles. The molecule has 0 aromatic heterocycles. The van der Waals surface area contributed by atoms with E-state index >= 15 is 0 Å². The molecule has 0 radical (unpaired) electrons. The van der Waals surface area contributed by atoms with Crippen molar-refractivity contribution in [1.29, 1.82) is 0 Å². The molecule has 2 saturated heterocycles. The molecule has 26 nitrogen and oxygen atoms in total. The lowest BCUT2D eigenvalue weighted by Gasteiger charge is -2.22. The Morgan fingerprint density at radius 1 is 0.377 bits per heavy atom. The van der Waals surface area contributed by atoms with E-state index in [1.54, 1.807) is 41.5 Å². The minimum Gasteiger partial charge on any atom is -0.507 e. The summed E-state index contributed by atoms with van der Waals surface area (Å²) in [7, 11) is 0. The summed E-state index contributed by atoms with van der Waals surface area (Å²) in [6, 6.07) is 18.5. The number of rotatable bonds is 62. The molecule has 2 unspecified atom stereocenters. The maximum atomic E-state index is 12.4. The average Bonchev–Trinajstić information content (AvgIpc) is 0.781. The van der Waals surface area contributed by atoms with E-state index in [1.807, 2.05) is 24.3 Å². The number of carboxylic acids is 2. The Labute approximate surface area is 833 Å². The number of ketones is 2. The molecule has 29 heteroatoms. The number of Topliss-reactive ketones (excluding diaryl/α,β-unsaturated/α-hetero) is 2. The molecule has 0 aliphatic carbocycles. The van der Waals surface area contributed by atoms with Crippen molar-refractivity contribution in [3.8, 4) is 34.5 Å². The highest BCUT2D eigenvalue weighted by molar-refractivity contribution is 6.34. The summed E-state index contributed by atoms with van der Waals surface area (Å²) in [5.74, 6) is -2.38. The van der Waals surface area contributed by atoms with Crippen LogP contribution in [0.15, 0.2) is 54.6 Å². The molecule has 2 heterocycles. The number of phenolic OH excluding ortho intramolecular Hbond substituents is 6. The molecule has 0 saturated carbocycles. The Morgan fingerprint density at radius 2 is 0.681 bits per heavy atom. The van der Waals surface area contributed by atoms with Crippen LogP contribution in [0.3, 0.4) is 0 Å². The fourth-order valence-corrected chi connectivity index (χ4v) is 16.3. The van der Waals surface area contributed by atoms with Crippen LogP contribution in [0.25, 0.3) is 21.5 Å². The van der Waals surface area contributed by atoms with E-state index in [2.05, 4.69) is 30.3 Å². The largest absolute Gasteiger partial charge is 0.507 e. The Balaban J connectivity index is 0.000000568. The number of benzene rings is 6. The van der Waals surface area contributed by atoms with Crippen LogP contribution in [0.2, 0.25) is 15.1 Å². The van der Waals surface area contributed by atoms with Crippen molar-refractivity contribution in [3.05, 3.63) is 125 Å². The minimum atomic E-state index is -0.787. The van der Waals surface area contributed by atoms with Gasteiger partial charge in [-0.05, 0) is 234 Å². The fraction of sp³-hybridized carbons (Fsp3) is 0.606. The molecule has 6 aromatic rings. The van der Waals surface area contributed by atoms with Gasteiger partial charge in [-0.2, -0.15) is 0 Å². The quantitative estimate of drug-likeness (QED) is 0.00741. The predicted octanol–water partition coefficient (Wildman–Crippen LogP) is 26.0. The molecule has 2 fully saturated rings. The van der Waals surface area contributed by atoms with Gasteiger partial charge >= 0.3 is 23.9 Å². The third-order valence-electron chi connectivity index (χ3n) is 23.8. The standard InChI is InChI=1S/C31H31ClO5.C18H25ClO5.C16H21ClO5.C13H24O4.C13H24O3.C9H18O2.C9H16O2/c1-20-26(18-33)30(35)25(31(36)29(20)32)15-5-3-2-4-6-16-28(34)37-19-27-23-13-9-7-11-21(23)17-22-12-8-10-14-24(22)27;1-3-24-15(21)10-8-6-4-5-7-9-13-17(22)14(11-20)12(2)16(19)18(13)23;1-10-12(9-18)15(21)11(16(22)14(10)17)7-5-3-2-4-6-8-13(19)20;14-12(15)8-4-2-1-3-6-10-16-13-9-5-7-11-17-13;14-10-6-3-1-2-4-7-11-15-13-9-5-8-12-16-13;2*1-9(11)7-5-3-2-4-6-8-10/h7-14,17-18,35-36H,2-6,15-16,19H2,1H3;11,22-23H,3-10H2,1-2H3;9,21-22H,2-8H2,1H3,(H,19,20);13H,1-11H2,(H,14,15);10,13H,1-9,11-12H2;10H,2-8H2,1H3;8H,2-7H2,1H3. The number of fused-ring (bicyclic) bond motifs is 2. The second kappa shape index (κ2) is 78.6. The van der Waals surface area contributed by atoms with Crippen LogP contribution >= 0.6 is 34.8 Å². The average molecular weight is 1990 g/mol. The number of halogens is 3. The molecular weight excluding hydrogens is 1830 g/mol. The van der Waals surface area contributed by atoms with E-state index in [4.69, 9.17) is 78.5 Å². The number of esters is 2. The van der Waals surface area contributed by atoms with Gasteiger partial charge in [0.2, 0.25) is 0 Å². The number of carbonyl (C=O) groups excluding carboxylic acids is 9. The van der Waals surface area contributed by atoms with Crippen molar-refractivity contribution in [3.63, 3.8) is 0 Å². The highest BCUT2D eigenvalue weighted by atomic mass is 35.5. The maximum absolute atomic E-state index is 12.4. The van der Waals surface area contributed by atoms with Gasteiger partial charge in [0, 0.05) is 107 Å². The van der Waals surface area contributed by atoms with Crippen LogP contribution in [0.1, 0.15) is 399 Å². The molecule has 0 spiro atoms. The number of aromatic hydroxyl groups is 6. The van der Waals surface area contributed by atoms with Gasteiger partial charge in [-0.25, -0.2) is 0 Å². The fourth-order valence-electron chi connectivity index (χ4n) is 15.7. The van der Waals surface area contributed by atoms with E-state index in [0.29, 0.717) is 136 Å². The van der Waals surface area contributed by atoms with Gasteiger partial charge in [0.1, 0.15) is 65.2 Å². The van der Waals surface area contributed by atoms with Crippen molar-refractivity contribution < 1.29 is 127 Å². The summed E-state index contributed by atoms with van der Waals surface area (Å²) < 4.78 is 32.7. The van der Waals surface area contributed by atoms with E-state index in [1.165, 1.54) is 38.5 Å². The summed E-state index contributed by atoms with van der Waals surface area (Å²) in [6.45, 7) is 14.0. The van der Waals surface area contributed by atoms with E-state index in [-0.39, 0.29) is 115 Å². The number of hydrogen-bond donors (Lipinski definition) is 9. The second-order valence-corrected chi connectivity index (χ2v) is 36.3. The van der Waals surface area contributed by atoms with Crippen molar-refractivity contribution >= 4 is 123 Å². The van der Waals surface area contributed by atoms with Crippen LogP contribution in [-0.2, 0) is 92.6 Å². The van der Waals surface area contributed by atoms with Crippen LogP contribution in [0.5, 0.6) is 34.5 Å². The van der Waals surface area contributed by atoms with Gasteiger partial charge in [0.05, 0.1) is 38.4 Å². The number of ether oxygens (including phenoxy) is 6. The highest BCUT2D eigenvalue weighted by Crippen LogP contribution is 2.44. The van der Waals surface area contributed by atoms with Gasteiger partial charge in [0.25, 0.3) is 0 Å². The number of aliphatic hydroxyl groups is 1. The summed E-state index contributed by atoms with van der Waals surface area (Å²) in [5.41, 5.74) is 3.42. The van der Waals surface area contributed by atoms with Crippen molar-refractivity contribution in [2.24, 2.45) is 0 Å². The van der Waals surface area contributed by atoms with Crippen molar-refractivity contribution in [2.45, 2.75) is 388 Å². The first-order valence-corrected chi connectivity index (χ1v) is 51.3. The molecule has 2 aliphatic heterocycles. The number of carboxylic acid groups (broad SMARTS) is 2. The minimum absolute atomic E-state index is 0.0239. The van der Waals surface area contributed by atoms with Crippen LogP contribution in [0, 0.1) is 20.8 Å². The first-order chi connectivity index (χ1) is 66.5. The van der Waals surface area contributed by atoms with E-state index < -0.39 is 11.9 Å². The molecule has 8 rings (SSSR count). The molecule has 2 atom stereocenters. The lowest BCUT2D eigenvalue weighted by molar-refractivity contribution is -0.163. The molecule has 0 bridgehead atoms. The molecule has 138 heavy (non-hydrogen) atoms. The summed E-state index contributed by atoms with van der Waals surface area (Å²) >= 11 is 18.1. The topological polar surface area (TPSA) is 425 Å². The Bertz CT molecular complexity index is 4460. The molecule has 772 valence electrons. The van der Waals surface area contributed by atoms with Crippen molar-refractivity contribution in [2.75, 3.05) is 39.6 Å². The Hall–Kier alpha value is -9.12. The SMILES string of the molecule is CC(=O)CCCCCCC=O.CC(=O)CCCCCCCO.CCOC(=O)CCCCCCCc1c(O)c(Cl)c(C)c(C=O)c1O.Cc1c(Cl)c(O)c(CCCCCCCC(=O)O)c(O)c1C=O.Cc1c(Cl)c(O)c(CCCCCCCC(=O)OCc2c3ccccc3cc3ccccc23)c(O)c1C=O.O=C(O)CCCCCCCOC1CCCCO1.O=CCCCCCCCOC1CCCCO1. The second-order valence-electron chi connectivity index (χ2n) is 35.1. The van der Waals surface area contributed by atoms with Crippen LogP contribution in [0.4, 0.5) is 0 Å². The first-order valence-electron chi connectivity index (χ1n) is 50.1. The molecule has 0 amide bonds. The molecule has 2 aliphatic rings. The van der Waals surface area contributed by atoms with Gasteiger partial charge in [-0.15, -0.1) is 0 Å². The number of aliphatic hydroxyl groups excluding tert-OH is 1. The molecular formula is C109H159Cl3O26. The van der Waals surface area contributed by atoms with E-state index in [9.17, 15) is 83.4 Å². The van der Waals surface area contributed by atoms with Crippen LogP contribution in [-0.4, -0.2) is 165 Å². The predicted molar refractivity (Wildman–Crippen MR) is 543 cm³/mol. The number of carbonyl (C=O) groups is 11. The lowest BCUT2D eigenvalue weighted by atomic mass is 9.97. The zero-order valence-electron chi connectivity index (χ0n) is 82.8. The van der Waals surface area contributed by atoms with Gasteiger partial charge < -0.3 is 93.6 Å². The highest BCUT2D eigenvalue weighted by Gasteiger charge is 2.24. The number of phenols is 6. The zero-order chi connectivity index (χ0) is 102. The smallest absolute Gasteiger partial charge is 0.306 e. The third kappa shape index (κ3) is 53.5. The Kier molecular flexibility index (Phi) is 71.1. The number of hydrogen-bond acceptors (Lipinski definition) is 24. The lowest BCUT2D eigenvalue weighted by Crippen LogP contribution is -2.22. The summed E-state index contributed by atoms with van der Waals surface area (Å²) in [4.78, 5) is 119. The normalized spacial score (nSPS) is 13.0. The number of unbranched alkanes of at least 4 members (excludes halogenated alkanes) is 29. The van der Waals surface area contributed by atoms with Crippen molar-refractivity contribution in [1.82, 2.24) is 0 Å². The first kappa shape index (κ1) is 125. The van der Waals surface area contributed by atoms with E-state index in [0.717, 1.165) is 278 Å². The van der Waals surface area contributed by atoms with Gasteiger partial charge in [0.15, 0.2) is 31.4 Å². The van der Waals surface area contributed by atoms with Crippen LogP contribution < -0.4 is 0 Å². The monoisotopic (exact) mass is 1990 g/mol. The zero-order valence-corrected chi connectivity index (χ0v) is 85.1. The Morgan fingerprint density at radius 3 is 0.993 bits per heavy atom. The summed E-state index contributed by atoms with van der Waals surface area (Å²) in [6.07, 6.45) is 48.4. The molecule has 9 N–H and O–H groups in total. The van der Waals surface area contributed by atoms with Gasteiger partial charge in [-0.3, -0.25) is 33.6 Å². The number of aliphatic carboxylic acids is 2. The third-order valence-corrected chi connectivity index (χ3v) is 25.2. The maximum Gasteiger partial charge on any atom is 0.306 e. The number of aldehydes is 5. The summed E-state index contributed by atoms with van der Waals surface area (Å²) in [5, 5.41) is 91.1. The van der Waals surface area contributed by atoms with Gasteiger partial charge in [-0.1, -0.05) is 212 Å².